The Labute approximate surface area is 114 Å². The van der Waals surface area contributed by atoms with E-state index in [-0.39, 0.29) is 10.6 Å². The zero-order valence-electron chi connectivity index (χ0n) is 9.70. The third-order valence-electron chi connectivity index (χ3n) is 2.21. The van der Waals surface area contributed by atoms with Gasteiger partial charge in [0.15, 0.2) is 0 Å². The Kier molecular flexibility index (Phi) is 6.20. The van der Waals surface area contributed by atoms with Gasteiger partial charge >= 0.3 is 0 Å². The van der Waals surface area contributed by atoms with E-state index in [4.69, 9.17) is 0 Å². The first kappa shape index (κ1) is 14.2. The largest absolute Gasteiger partial charge is 0.383 e. The van der Waals surface area contributed by atoms with Crippen molar-refractivity contribution in [2.45, 2.75) is 13.3 Å². The molecule has 0 fully saturated rings. The summed E-state index contributed by atoms with van der Waals surface area (Å²) < 4.78 is 0.868. The lowest BCUT2D eigenvalue weighted by molar-refractivity contribution is -0.384. The number of benzene rings is 1. The number of nitro groups is 1. The first-order valence-electron chi connectivity index (χ1n) is 5.53. The quantitative estimate of drug-likeness (QED) is 0.344. The van der Waals surface area contributed by atoms with Crippen molar-refractivity contribution < 1.29 is 4.92 Å². The molecular formula is C11H16IN3O2. The number of nitro benzene ring substituents is 1. The average Bonchev–Trinajstić information content (AvgIpc) is 2.30. The predicted molar refractivity (Wildman–Crippen MR) is 77.5 cm³/mol. The number of nitrogens with zero attached hydrogens (tertiary/aromatic N) is 1. The van der Waals surface area contributed by atoms with Crippen LogP contribution in [-0.4, -0.2) is 24.6 Å². The second-order valence-corrected chi connectivity index (χ2v) is 4.76. The zero-order chi connectivity index (χ0) is 12.7. The van der Waals surface area contributed by atoms with Gasteiger partial charge in [-0.05, 0) is 41.6 Å². The number of rotatable bonds is 7. The zero-order valence-corrected chi connectivity index (χ0v) is 11.9. The van der Waals surface area contributed by atoms with Crippen LogP contribution in [0.15, 0.2) is 18.2 Å². The van der Waals surface area contributed by atoms with Gasteiger partial charge in [-0.1, -0.05) is 6.92 Å². The molecule has 6 heteroatoms. The molecule has 0 spiro atoms. The van der Waals surface area contributed by atoms with Gasteiger partial charge in [0.05, 0.1) is 4.92 Å². The number of non-ortho nitro benzene ring substituents is 1. The molecule has 0 aliphatic carbocycles. The van der Waals surface area contributed by atoms with Crippen molar-refractivity contribution in [3.8, 4) is 0 Å². The van der Waals surface area contributed by atoms with Crippen molar-refractivity contribution >= 4 is 34.0 Å². The van der Waals surface area contributed by atoms with Gasteiger partial charge in [-0.2, -0.15) is 0 Å². The molecule has 0 saturated heterocycles. The molecule has 0 aromatic heterocycles. The number of halogens is 1. The highest BCUT2D eigenvalue weighted by Crippen LogP contribution is 2.23. The standard InChI is InChI=1S/C11H16IN3O2/c1-2-5-13-6-7-14-11-4-3-9(15(16)17)8-10(11)12/h3-4,8,13-14H,2,5-7H2,1H3. The first-order valence-corrected chi connectivity index (χ1v) is 6.61. The van der Waals surface area contributed by atoms with Gasteiger partial charge in [0.2, 0.25) is 0 Å². The number of anilines is 1. The maximum atomic E-state index is 10.6. The van der Waals surface area contributed by atoms with E-state index in [0.29, 0.717) is 0 Å². The molecule has 5 nitrogen and oxygen atoms in total. The molecule has 94 valence electrons. The lowest BCUT2D eigenvalue weighted by Crippen LogP contribution is -2.22. The third kappa shape index (κ3) is 4.86. The van der Waals surface area contributed by atoms with Crippen molar-refractivity contribution in [2.75, 3.05) is 25.0 Å². The summed E-state index contributed by atoms with van der Waals surface area (Å²) in [5.74, 6) is 0. The molecule has 1 aromatic rings. The Hall–Kier alpha value is -0.890. The second-order valence-electron chi connectivity index (χ2n) is 3.60. The molecule has 0 atom stereocenters. The van der Waals surface area contributed by atoms with E-state index in [2.05, 4.69) is 40.1 Å². The third-order valence-corrected chi connectivity index (χ3v) is 3.10. The van der Waals surface area contributed by atoms with Crippen LogP contribution < -0.4 is 10.6 Å². The smallest absolute Gasteiger partial charge is 0.270 e. The molecule has 0 saturated carbocycles. The molecule has 2 N–H and O–H groups in total. The number of nitrogens with one attached hydrogen (secondary N) is 2. The summed E-state index contributed by atoms with van der Waals surface area (Å²) in [6.45, 7) is 4.84. The molecule has 17 heavy (non-hydrogen) atoms. The fraction of sp³-hybridized carbons (Fsp3) is 0.455. The summed E-state index contributed by atoms with van der Waals surface area (Å²) >= 11 is 2.10. The minimum Gasteiger partial charge on any atom is -0.383 e. The van der Waals surface area contributed by atoms with Crippen LogP contribution in [0.2, 0.25) is 0 Å². The lowest BCUT2D eigenvalue weighted by Gasteiger charge is -2.08. The minimum absolute atomic E-state index is 0.129. The summed E-state index contributed by atoms with van der Waals surface area (Å²) in [5, 5.41) is 17.1. The fourth-order valence-corrected chi connectivity index (χ4v) is 2.04. The van der Waals surface area contributed by atoms with Crippen LogP contribution >= 0.6 is 22.6 Å². The van der Waals surface area contributed by atoms with Crippen molar-refractivity contribution in [1.29, 1.82) is 0 Å². The van der Waals surface area contributed by atoms with E-state index in [1.807, 2.05) is 0 Å². The SMILES string of the molecule is CCCNCCNc1ccc([N+](=O)[O-])cc1I. The summed E-state index contributed by atoms with van der Waals surface area (Å²) in [6, 6.07) is 4.84. The summed E-state index contributed by atoms with van der Waals surface area (Å²) in [5.41, 5.74) is 1.07. The molecule has 0 heterocycles. The van der Waals surface area contributed by atoms with Crippen molar-refractivity contribution in [2.24, 2.45) is 0 Å². The van der Waals surface area contributed by atoms with Gasteiger partial charge in [0.1, 0.15) is 0 Å². The molecule has 0 bridgehead atoms. The minimum atomic E-state index is -0.380. The van der Waals surface area contributed by atoms with Crippen LogP contribution in [0, 0.1) is 13.7 Å². The van der Waals surface area contributed by atoms with Gasteiger partial charge in [-0.15, -0.1) is 0 Å². The van der Waals surface area contributed by atoms with Gasteiger partial charge in [-0.25, -0.2) is 0 Å². The Balaban J connectivity index is 2.46. The van der Waals surface area contributed by atoms with Gasteiger partial charge in [0.25, 0.3) is 5.69 Å². The molecule has 0 aliphatic rings. The summed E-state index contributed by atoms with van der Waals surface area (Å²) in [6.07, 6.45) is 1.12. The monoisotopic (exact) mass is 349 g/mol. The molecule has 0 unspecified atom stereocenters. The van der Waals surface area contributed by atoms with E-state index in [1.54, 1.807) is 12.1 Å². The normalized spacial score (nSPS) is 10.2. The summed E-state index contributed by atoms with van der Waals surface area (Å²) in [7, 11) is 0. The average molecular weight is 349 g/mol. The van der Waals surface area contributed by atoms with Gasteiger partial charge in [0, 0.05) is 34.5 Å². The highest BCUT2D eigenvalue weighted by molar-refractivity contribution is 14.1. The maximum Gasteiger partial charge on any atom is 0.270 e. The summed E-state index contributed by atoms with van der Waals surface area (Å²) in [4.78, 5) is 10.2. The van der Waals surface area contributed by atoms with Crippen molar-refractivity contribution in [1.82, 2.24) is 5.32 Å². The number of hydrogen-bond acceptors (Lipinski definition) is 4. The molecule has 1 rings (SSSR count). The molecular weight excluding hydrogens is 333 g/mol. The van der Waals surface area contributed by atoms with Crippen LogP contribution in [0.25, 0.3) is 0 Å². The maximum absolute atomic E-state index is 10.6. The Morgan fingerprint density at radius 2 is 2.12 bits per heavy atom. The Bertz CT molecular complexity index is 385. The number of hydrogen-bond donors (Lipinski definition) is 2. The van der Waals surface area contributed by atoms with Crippen LogP contribution in [-0.2, 0) is 0 Å². The van der Waals surface area contributed by atoms with E-state index in [1.165, 1.54) is 6.07 Å². The second kappa shape index (κ2) is 7.44. The molecule has 0 aliphatic heterocycles. The predicted octanol–water partition coefficient (Wildman–Crippen LogP) is 2.61. The van der Waals surface area contributed by atoms with Crippen LogP contribution in [0.1, 0.15) is 13.3 Å². The molecule has 0 radical (unpaired) electrons. The Morgan fingerprint density at radius 3 is 2.71 bits per heavy atom. The van der Waals surface area contributed by atoms with Gasteiger partial charge < -0.3 is 10.6 Å². The highest BCUT2D eigenvalue weighted by Gasteiger charge is 2.08. The van der Waals surface area contributed by atoms with Crippen LogP contribution in [0.3, 0.4) is 0 Å². The van der Waals surface area contributed by atoms with Crippen molar-refractivity contribution in [3.63, 3.8) is 0 Å². The Morgan fingerprint density at radius 1 is 1.35 bits per heavy atom. The van der Waals surface area contributed by atoms with E-state index >= 15 is 0 Å². The topological polar surface area (TPSA) is 67.2 Å². The van der Waals surface area contributed by atoms with E-state index in [9.17, 15) is 10.1 Å². The molecule has 1 aromatic carbocycles. The van der Waals surface area contributed by atoms with Crippen molar-refractivity contribution in [3.05, 3.63) is 31.9 Å². The fourth-order valence-electron chi connectivity index (χ4n) is 1.35. The highest BCUT2D eigenvalue weighted by atomic mass is 127. The van der Waals surface area contributed by atoms with Crippen LogP contribution in [0.4, 0.5) is 11.4 Å². The van der Waals surface area contributed by atoms with Gasteiger partial charge in [-0.3, -0.25) is 10.1 Å². The van der Waals surface area contributed by atoms with E-state index in [0.717, 1.165) is 35.3 Å². The molecule has 0 amide bonds. The lowest BCUT2D eigenvalue weighted by atomic mass is 10.3. The van der Waals surface area contributed by atoms with Crippen LogP contribution in [0.5, 0.6) is 0 Å². The van der Waals surface area contributed by atoms with E-state index < -0.39 is 0 Å². The first-order chi connectivity index (χ1) is 8.15.